The highest BCUT2D eigenvalue weighted by molar-refractivity contribution is 7.16. The number of thiophene rings is 1. The Morgan fingerprint density at radius 2 is 2.39 bits per heavy atom. The maximum Gasteiger partial charge on any atom is 0.0952 e. The molecule has 1 N–H and O–H groups in total. The van der Waals surface area contributed by atoms with Crippen molar-refractivity contribution in [3.8, 4) is 0 Å². The van der Waals surface area contributed by atoms with E-state index in [1.807, 2.05) is 18.6 Å². The van der Waals surface area contributed by atoms with E-state index in [4.69, 9.17) is 16.3 Å². The third-order valence-corrected chi connectivity index (χ3v) is 3.76. The van der Waals surface area contributed by atoms with Crippen molar-refractivity contribution in [2.45, 2.75) is 13.1 Å². The van der Waals surface area contributed by atoms with Gasteiger partial charge in [-0.15, -0.1) is 11.3 Å². The number of halogens is 1. The van der Waals surface area contributed by atoms with E-state index >= 15 is 0 Å². The summed E-state index contributed by atoms with van der Waals surface area (Å²) in [4.78, 5) is 5.42. The van der Waals surface area contributed by atoms with E-state index in [2.05, 4.69) is 20.9 Å². The first-order valence-corrected chi connectivity index (χ1v) is 6.92. The van der Waals surface area contributed by atoms with Crippen LogP contribution in [0.3, 0.4) is 0 Å². The molecular formula is C12H16ClN3OS. The largest absolute Gasteiger partial charge is 0.383 e. The number of hydrogen-bond acceptors (Lipinski definition) is 4. The topological polar surface area (TPSA) is 39.1 Å². The van der Waals surface area contributed by atoms with Crippen molar-refractivity contribution in [3.05, 3.63) is 39.6 Å². The number of nitrogens with one attached hydrogen (secondary N) is 1. The molecule has 0 aliphatic carbocycles. The molecule has 0 aliphatic heterocycles. The van der Waals surface area contributed by atoms with Crippen molar-refractivity contribution in [2.24, 2.45) is 0 Å². The van der Waals surface area contributed by atoms with Crippen molar-refractivity contribution >= 4 is 22.9 Å². The lowest BCUT2D eigenvalue weighted by atomic mass is 10.4. The molecule has 0 radical (unpaired) electrons. The minimum Gasteiger partial charge on any atom is -0.383 e. The predicted octanol–water partition coefficient (Wildman–Crippen LogP) is 2.38. The Kier molecular flexibility index (Phi) is 5.19. The van der Waals surface area contributed by atoms with E-state index in [9.17, 15) is 0 Å². The molecule has 98 valence electrons. The van der Waals surface area contributed by atoms with Crippen LogP contribution < -0.4 is 5.32 Å². The molecule has 0 aliphatic rings. The normalized spacial score (nSPS) is 11.0. The van der Waals surface area contributed by atoms with E-state index in [1.54, 1.807) is 18.4 Å². The Balaban J connectivity index is 1.91. The lowest BCUT2D eigenvalue weighted by Crippen LogP contribution is -2.20. The lowest BCUT2D eigenvalue weighted by Gasteiger charge is -2.07. The molecule has 0 atom stereocenters. The van der Waals surface area contributed by atoms with E-state index in [0.29, 0.717) is 6.61 Å². The highest BCUT2D eigenvalue weighted by Gasteiger charge is 2.04. The van der Waals surface area contributed by atoms with Crippen molar-refractivity contribution in [3.63, 3.8) is 0 Å². The van der Waals surface area contributed by atoms with Crippen LogP contribution in [0, 0.1) is 0 Å². The first kappa shape index (κ1) is 13.5. The first-order chi connectivity index (χ1) is 8.79. The third kappa shape index (κ3) is 3.81. The second-order valence-electron chi connectivity index (χ2n) is 3.89. The smallest absolute Gasteiger partial charge is 0.0952 e. The number of imidazole rings is 1. The van der Waals surface area contributed by atoms with E-state index in [1.165, 1.54) is 4.88 Å². The fourth-order valence-electron chi connectivity index (χ4n) is 1.63. The maximum absolute atomic E-state index is 5.93. The monoisotopic (exact) mass is 285 g/mol. The summed E-state index contributed by atoms with van der Waals surface area (Å²) in [6.45, 7) is 3.17. The number of hydrogen-bond donors (Lipinski definition) is 1. The van der Waals surface area contributed by atoms with Crippen molar-refractivity contribution in [2.75, 3.05) is 20.3 Å². The number of ether oxygens (including phenoxy) is 1. The van der Waals surface area contributed by atoms with Crippen LogP contribution in [-0.2, 0) is 17.8 Å². The lowest BCUT2D eigenvalue weighted by molar-refractivity contribution is 0.199. The van der Waals surface area contributed by atoms with Gasteiger partial charge in [-0.25, -0.2) is 4.98 Å². The van der Waals surface area contributed by atoms with Gasteiger partial charge < -0.3 is 14.6 Å². The minimum absolute atomic E-state index is 0.717. The van der Waals surface area contributed by atoms with Gasteiger partial charge in [0.1, 0.15) is 0 Å². The molecule has 0 saturated carbocycles. The van der Waals surface area contributed by atoms with Crippen LogP contribution >= 0.6 is 22.9 Å². The van der Waals surface area contributed by atoms with Gasteiger partial charge in [0, 0.05) is 31.3 Å². The zero-order valence-corrected chi connectivity index (χ0v) is 11.8. The number of aromatic nitrogens is 2. The maximum atomic E-state index is 5.93. The predicted molar refractivity (Wildman–Crippen MR) is 74.2 cm³/mol. The van der Waals surface area contributed by atoms with Crippen LogP contribution in [0.4, 0.5) is 0 Å². The van der Waals surface area contributed by atoms with Crippen LogP contribution in [0.5, 0.6) is 0 Å². The number of nitrogens with zero attached hydrogens (tertiary/aromatic N) is 2. The molecule has 0 saturated heterocycles. The summed E-state index contributed by atoms with van der Waals surface area (Å²) in [6, 6.07) is 3.98. The molecule has 6 heteroatoms. The quantitative estimate of drug-likeness (QED) is 0.794. The standard InChI is InChI=1S/C12H16ClN3OS/c1-17-5-4-14-6-10-7-15-9-16(10)8-11-2-3-12(13)18-11/h2-3,7,9,14H,4-6,8H2,1H3. The third-order valence-electron chi connectivity index (χ3n) is 2.54. The average Bonchev–Trinajstić information content (AvgIpc) is 2.95. The molecule has 2 aromatic heterocycles. The van der Waals surface area contributed by atoms with E-state index in [0.717, 1.165) is 29.7 Å². The molecule has 0 amide bonds. The zero-order valence-electron chi connectivity index (χ0n) is 10.2. The molecule has 2 heterocycles. The summed E-state index contributed by atoms with van der Waals surface area (Å²) in [7, 11) is 1.70. The SMILES string of the molecule is COCCNCc1cncn1Cc1ccc(Cl)s1. The molecule has 4 nitrogen and oxygen atoms in total. The molecular weight excluding hydrogens is 270 g/mol. The summed E-state index contributed by atoms with van der Waals surface area (Å²) >= 11 is 7.53. The molecule has 0 unspecified atom stereocenters. The van der Waals surface area contributed by atoms with Gasteiger partial charge in [0.25, 0.3) is 0 Å². The summed E-state index contributed by atoms with van der Waals surface area (Å²) in [5.74, 6) is 0. The Hall–Kier alpha value is -0.880. The Morgan fingerprint density at radius 3 is 3.11 bits per heavy atom. The van der Waals surface area contributed by atoms with Crippen molar-refractivity contribution < 1.29 is 4.74 Å². The second kappa shape index (κ2) is 6.89. The van der Waals surface area contributed by atoms with Gasteiger partial charge >= 0.3 is 0 Å². The van der Waals surface area contributed by atoms with Gasteiger partial charge in [0.15, 0.2) is 0 Å². The molecule has 0 aromatic carbocycles. The highest BCUT2D eigenvalue weighted by atomic mass is 35.5. The van der Waals surface area contributed by atoms with Crippen LogP contribution in [0.15, 0.2) is 24.7 Å². The second-order valence-corrected chi connectivity index (χ2v) is 5.69. The summed E-state index contributed by atoms with van der Waals surface area (Å²) < 4.78 is 7.94. The van der Waals surface area contributed by atoms with Gasteiger partial charge in [-0.1, -0.05) is 11.6 Å². The van der Waals surface area contributed by atoms with Crippen LogP contribution in [0.2, 0.25) is 4.34 Å². The van der Waals surface area contributed by atoms with E-state index < -0.39 is 0 Å². The number of rotatable bonds is 7. The molecule has 2 aromatic rings. The van der Waals surface area contributed by atoms with E-state index in [-0.39, 0.29) is 0 Å². The summed E-state index contributed by atoms with van der Waals surface area (Å²) in [5.41, 5.74) is 1.16. The fourth-order valence-corrected chi connectivity index (χ4v) is 2.72. The minimum atomic E-state index is 0.717. The zero-order chi connectivity index (χ0) is 12.8. The van der Waals surface area contributed by atoms with Gasteiger partial charge in [-0.2, -0.15) is 0 Å². The Morgan fingerprint density at radius 1 is 1.50 bits per heavy atom. The van der Waals surface area contributed by atoms with Gasteiger partial charge in [-0.3, -0.25) is 0 Å². The molecule has 0 spiro atoms. The van der Waals surface area contributed by atoms with Crippen LogP contribution in [0.25, 0.3) is 0 Å². The Bertz CT molecular complexity index is 483. The fraction of sp³-hybridized carbons (Fsp3) is 0.417. The van der Waals surface area contributed by atoms with Crippen LogP contribution in [-0.4, -0.2) is 29.8 Å². The van der Waals surface area contributed by atoms with Crippen molar-refractivity contribution in [1.82, 2.24) is 14.9 Å². The molecule has 0 fully saturated rings. The number of methoxy groups -OCH3 is 1. The Labute approximate surface area is 116 Å². The summed E-state index contributed by atoms with van der Waals surface area (Å²) in [5, 5.41) is 3.31. The van der Waals surface area contributed by atoms with Crippen molar-refractivity contribution in [1.29, 1.82) is 0 Å². The van der Waals surface area contributed by atoms with Gasteiger partial charge in [0.05, 0.1) is 29.5 Å². The molecule has 0 bridgehead atoms. The summed E-state index contributed by atoms with van der Waals surface area (Å²) in [6.07, 6.45) is 3.73. The van der Waals surface area contributed by atoms with Crippen LogP contribution in [0.1, 0.15) is 10.6 Å². The molecule has 18 heavy (non-hydrogen) atoms. The van der Waals surface area contributed by atoms with Gasteiger partial charge in [0.2, 0.25) is 0 Å². The average molecular weight is 286 g/mol. The molecule has 2 rings (SSSR count). The highest BCUT2D eigenvalue weighted by Crippen LogP contribution is 2.22. The van der Waals surface area contributed by atoms with Gasteiger partial charge in [-0.05, 0) is 12.1 Å². The first-order valence-electron chi connectivity index (χ1n) is 5.72.